The van der Waals surface area contributed by atoms with Gasteiger partial charge in [-0.1, -0.05) is 73.5 Å². The number of carbonyl (C=O) groups excluding carboxylic acids is 1. The summed E-state index contributed by atoms with van der Waals surface area (Å²) in [5, 5.41) is 22.8. The van der Waals surface area contributed by atoms with Gasteiger partial charge in [-0.3, -0.25) is 9.36 Å². The molecular weight excluding hydrogens is 396 g/mol. The lowest BCUT2D eigenvalue weighted by atomic mass is 9.95. The van der Waals surface area contributed by atoms with Crippen molar-refractivity contribution in [1.29, 1.82) is 0 Å². The predicted molar refractivity (Wildman–Crippen MR) is 118 cm³/mol. The number of phenols is 1. The Hall–Kier alpha value is -2.80. The minimum absolute atomic E-state index is 0.0327. The zero-order chi connectivity index (χ0) is 20.8. The molecule has 1 fully saturated rings. The van der Waals surface area contributed by atoms with Crippen LogP contribution in [-0.4, -0.2) is 37.6 Å². The minimum Gasteiger partial charge on any atom is -0.507 e. The van der Waals surface area contributed by atoms with Gasteiger partial charge in [-0.25, -0.2) is 0 Å². The molecule has 1 aliphatic carbocycles. The van der Waals surface area contributed by atoms with Crippen LogP contribution in [0.4, 0.5) is 0 Å². The molecule has 0 saturated heterocycles. The van der Waals surface area contributed by atoms with Gasteiger partial charge in [0, 0.05) is 6.04 Å². The van der Waals surface area contributed by atoms with E-state index in [1.165, 1.54) is 31.0 Å². The van der Waals surface area contributed by atoms with E-state index in [1.807, 2.05) is 47.0 Å². The van der Waals surface area contributed by atoms with E-state index in [1.54, 1.807) is 12.1 Å². The van der Waals surface area contributed by atoms with Crippen LogP contribution >= 0.6 is 11.8 Å². The van der Waals surface area contributed by atoms with Crippen molar-refractivity contribution in [2.45, 2.75) is 49.8 Å². The van der Waals surface area contributed by atoms with Gasteiger partial charge in [0.25, 0.3) is 0 Å². The van der Waals surface area contributed by atoms with Gasteiger partial charge in [0.1, 0.15) is 5.75 Å². The van der Waals surface area contributed by atoms with Gasteiger partial charge in [-0.05, 0) is 30.5 Å². The normalized spacial score (nSPS) is 14.5. The molecule has 6 nitrogen and oxygen atoms in total. The number of hydrogen-bond donors (Lipinski definition) is 2. The molecule has 2 aromatic carbocycles. The molecule has 0 unspecified atom stereocenters. The lowest BCUT2D eigenvalue weighted by Gasteiger charge is -2.22. The molecule has 30 heavy (non-hydrogen) atoms. The van der Waals surface area contributed by atoms with Crippen LogP contribution in [0.2, 0.25) is 0 Å². The van der Waals surface area contributed by atoms with Crippen molar-refractivity contribution in [1.82, 2.24) is 20.1 Å². The summed E-state index contributed by atoms with van der Waals surface area (Å²) in [6.45, 7) is 0.560. The first-order valence-corrected chi connectivity index (χ1v) is 11.4. The summed E-state index contributed by atoms with van der Waals surface area (Å²) in [5.74, 6) is 1.08. The van der Waals surface area contributed by atoms with Gasteiger partial charge in [-0.2, -0.15) is 0 Å². The van der Waals surface area contributed by atoms with Gasteiger partial charge < -0.3 is 10.4 Å². The molecule has 1 heterocycles. The Bertz CT molecular complexity index is 984. The lowest BCUT2D eigenvalue weighted by Crippen LogP contribution is -2.37. The Kier molecular flexibility index (Phi) is 6.69. The third kappa shape index (κ3) is 5.02. The Balaban J connectivity index is 1.53. The minimum atomic E-state index is 0.0327. The molecule has 1 aromatic heterocycles. The number of aromatic nitrogens is 3. The van der Waals surface area contributed by atoms with E-state index in [0.717, 1.165) is 18.4 Å². The van der Waals surface area contributed by atoms with E-state index in [4.69, 9.17) is 0 Å². The van der Waals surface area contributed by atoms with Gasteiger partial charge >= 0.3 is 0 Å². The first-order valence-electron chi connectivity index (χ1n) is 10.4. The largest absolute Gasteiger partial charge is 0.507 e. The number of nitrogens with zero attached hydrogens (tertiary/aromatic N) is 3. The molecule has 0 aliphatic heterocycles. The standard InChI is InChI=1S/C23H26N4O2S/c28-20-14-8-7-13-19(20)22-25-26-23(27(22)15-17-9-3-1-4-10-17)30-16-21(29)24-18-11-5-2-6-12-18/h1,3-4,7-10,13-14,18,28H,2,5-6,11-12,15-16H2,(H,24,29). The van der Waals surface area contributed by atoms with Crippen molar-refractivity contribution >= 4 is 17.7 Å². The molecule has 0 radical (unpaired) electrons. The first-order chi connectivity index (χ1) is 14.7. The third-order valence-electron chi connectivity index (χ3n) is 5.35. The van der Waals surface area contributed by atoms with Crippen LogP contribution in [0.5, 0.6) is 5.75 Å². The third-order valence-corrected chi connectivity index (χ3v) is 6.31. The van der Waals surface area contributed by atoms with Gasteiger partial charge in [0.15, 0.2) is 11.0 Å². The summed E-state index contributed by atoms with van der Waals surface area (Å²) in [5.41, 5.74) is 1.72. The number of nitrogens with one attached hydrogen (secondary N) is 1. The molecule has 1 aliphatic rings. The van der Waals surface area contributed by atoms with Crippen LogP contribution in [0.15, 0.2) is 59.8 Å². The quantitative estimate of drug-likeness (QED) is 0.557. The van der Waals surface area contributed by atoms with Crippen LogP contribution in [0.1, 0.15) is 37.7 Å². The van der Waals surface area contributed by atoms with Crippen molar-refractivity contribution in [3.63, 3.8) is 0 Å². The van der Waals surface area contributed by atoms with Crippen LogP contribution in [0, 0.1) is 0 Å². The Morgan fingerprint density at radius 2 is 1.77 bits per heavy atom. The van der Waals surface area contributed by atoms with Gasteiger partial charge in [-0.15, -0.1) is 10.2 Å². The highest BCUT2D eigenvalue weighted by Crippen LogP contribution is 2.30. The number of para-hydroxylation sites is 1. The summed E-state index contributed by atoms with van der Waals surface area (Å²) < 4.78 is 1.96. The zero-order valence-electron chi connectivity index (χ0n) is 16.8. The Labute approximate surface area is 180 Å². The number of benzene rings is 2. The van der Waals surface area contributed by atoms with E-state index < -0.39 is 0 Å². The molecule has 0 bridgehead atoms. The molecule has 7 heteroatoms. The zero-order valence-corrected chi connectivity index (χ0v) is 17.6. The number of amides is 1. The summed E-state index contributed by atoms with van der Waals surface area (Å²) in [6, 6.07) is 17.4. The highest BCUT2D eigenvalue weighted by atomic mass is 32.2. The second-order valence-corrected chi connectivity index (χ2v) is 8.53. The van der Waals surface area contributed by atoms with Crippen molar-refractivity contribution in [2.75, 3.05) is 5.75 Å². The van der Waals surface area contributed by atoms with Crippen LogP contribution in [-0.2, 0) is 11.3 Å². The number of carbonyl (C=O) groups is 1. The average Bonchev–Trinajstić information content (AvgIpc) is 3.16. The molecule has 156 valence electrons. The molecule has 1 saturated carbocycles. The maximum atomic E-state index is 12.5. The molecule has 3 aromatic rings. The highest BCUT2D eigenvalue weighted by Gasteiger charge is 2.20. The number of thioether (sulfide) groups is 1. The maximum Gasteiger partial charge on any atom is 0.230 e. The summed E-state index contributed by atoms with van der Waals surface area (Å²) in [7, 11) is 0. The summed E-state index contributed by atoms with van der Waals surface area (Å²) in [6.07, 6.45) is 5.77. The van der Waals surface area contributed by atoms with Gasteiger partial charge in [0.2, 0.25) is 5.91 Å². The molecule has 1 amide bonds. The SMILES string of the molecule is O=C(CSc1nnc(-c2ccccc2O)n1Cc1ccccc1)NC1CCCCC1. The molecule has 0 spiro atoms. The monoisotopic (exact) mass is 422 g/mol. The second kappa shape index (κ2) is 9.80. The van der Waals surface area contributed by atoms with E-state index in [-0.39, 0.29) is 11.7 Å². The number of phenolic OH excluding ortho intramolecular Hbond substituents is 1. The highest BCUT2D eigenvalue weighted by molar-refractivity contribution is 7.99. The Morgan fingerprint density at radius 1 is 1.03 bits per heavy atom. The summed E-state index contributed by atoms with van der Waals surface area (Å²) in [4.78, 5) is 12.5. The van der Waals surface area contributed by atoms with E-state index in [0.29, 0.717) is 34.9 Å². The predicted octanol–water partition coefficient (Wildman–Crippen LogP) is 4.24. The summed E-state index contributed by atoms with van der Waals surface area (Å²) >= 11 is 1.38. The number of aromatic hydroxyl groups is 1. The number of rotatable bonds is 7. The molecule has 2 N–H and O–H groups in total. The molecule has 0 atom stereocenters. The Morgan fingerprint density at radius 3 is 2.53 bits per heavy atom. The van der Waals surface area contributed by atoms with E-state index in [2.05, 4.69) is 15.5 Å². The van der Waals surface area contributed by atoms with Crippen molar-refractivity contribution in [3.8, 4) is 17.1 Å². The molecular formula is C23H26N4O2S. The fourth-order valence-electron chi connectivity index (χ4n) is 3.81. The smallest absolute Gasteiger partial charge is 0.230 e. The van der Waals surface area contributed by atoms with Crippen molar-refractivity contribution in [3.05, 3.63) is 60.2 Å². The number of hydrogen-bond acceptors (Lipinski definition) is 5. The van der Waals surface area contributed by atoms with E-state index >= 15 is 0 Å². The van der Waals surface area contributed by atoms with Crippen LogP contribution in [0.25, 0.3) is 11.4 Å². The fraction of sp³-hybridized carbons (Fsp3) is 0.348. The maximum absolute atomic E-state index is 12.5. The van der Waals surface area contributed by atoms with Crippen molar-refractivity contribution < 1.29 is 9.90 Å². The van der Waals surface area contributed by atoms with Crippen LogP contribution in [0.3, 0.4) is 0 Å². The fourth-order valence-corrected chi connectivity index (χ4v) is 4.56. The van der Waals surface area contributed by atoms with Gasteiger partial charge in [0.05, 0.1) is 17.9 Å². The van der Waals surface area contributed by atoms with Crippen LogP contribution < -0.4 is 5.32 Å². The van der Waals surface area contributed by atoms with Crippen molar-refractivity contribution in [2.24, 2.45) is 0 Å². The topological polar surface area (TPSA) is 80.0 Å². The van der Waals surface area contributed by atoms with E-state index in [9.17, 15) is 9.90 Å². The first kappa shape index (κ1) is 20.5. The second-order valence-electron chi connectivity index (χ2n) is 7.59. The lowest BCUT2D eigenvalue weighted by molar-refractivity contribution is -0.119. The molecule has 4 rings (SSSR count). The average molecular weight is 423 g/mol.